The third-order valence-electron chi connectivity index (χ3n) is 23.7. The second-order valence-corrected chi connectivity index (χ2v) is 36.4. The monoisotopic (exact) mass is 1430 g/mol. The predicted molar refractivity (Wildman–Crippen MR) is 419 cm³/mol. The largest absolute Gasteiger partial charge is 0.487 e. The number of ether oxygens (including phenoxy) is 6. The Morgan fingerprint density at radius 1 is 0.430 bits per heavy atom. The van der Waals surface area contributed by atoms with Crippen molar-refractivity contribution in [1.82, 2.24) is 9.80 Å². The van der Waals surface area contributed by atoms with Crippen LogP contribution in [0.15, 0.2) is 0 Å². The molecule has 6 atom stereocenters. The smallest absolute Gasteiger partial charge is 0.311 e. The number of carbonyl (C=O) groups excluding carboxylic acids is 4. The molecule has 4 aliphatic heterocycles. The summed E-state index contributed by atoms with van der Waals surface area (Å²) >= 11 is 0. The number of hydrogen-bond donors (Lipinski definition) is 0. The maximum Gasteiger partial charge on any atom is 0.311 e. The van der Waals surface area contributed by atoms with E-state index in [9.17, 15) is 19.2 Å². The molecular formula is C86H144N2O10S2. The lowest BCUT2D eigenvalue weighted by Gasteiger charge is -2.38. The number of piperidine rings is 2. The Bertz CT molecular complexity index is 2600. The maximum absolute atomic E-state index is 13.2. The molecule has 0 aromatic heterocycles. The number of esters is 4. The second-order valence-electron chi connectivity index (χ2n) is 33.7. The summed E-state index contributed by atoms with van der Waals surface area (Å²) in [6.07, 6.45) is 35.4. The van der Waals surface area contributed by atoms with E-state index in [1.807, 2.05) is 49.3 Å². The van der Waals surface area contributed by atoms with Gasteiger partial charge in [-0.25, -0.2) is 0 Å². The molecule has 0 saturated carbocycles. The number of nitrogens with zero attached hydrogens (tertiary/aromatic N) is 2. The van der Waals surface area contributed by atoms with Crippen LogP contribution in [0.1, 0.15) is 319 Å². The van der Waals surface area contributed by atoms with E-state index in [1.54, 1.807) is 0 Å². The van der Waals surface area contributed by atoms with Gasteiger partial charge in [0.2, 0.25) is 0 Å². The fourth-order valence-electron chi connectivity index (χ4n) is 16.3. The van der Waals surface area contributed by atoms with Gasteiger partial charge in [-0.1, -0.05) is 167 Å². The fourth-order valence-corrected chi connectivity index (χ4v) is 18.3. The molecule has 0 radical (unpaired) electrons. The van der Waals surface area contributed by atoms with E-state index < -0.39 is 11.9 Å². The summed E-state index contributed by atoms with van der Waals surface area (Å²) in [4.78, 5) is 57.0. The lowest BCUT2D eigenvalue weighted by Crippen LogP contribution is -2.37. The molecule has 0 bridgehead atoms. The molecule has 570 valence electrons. The van der Waals surface area contributed by atoms with Crippen LogP contribution in [0.25, 0.3) is 0 Å². The first kappa shape index (κ1) is 85.5. The summed E-state index contributed by atoms with van der Waals surface area (Å²) in [6.45, 7) is 43.4. The standard InChI is InChI=1S/C86H144N2O10S2/c1-61(2)25-17-27-63(5)29-19-31-65(7)33-21-47-85(15)49-41-75-71(13)81(67(9)69(11)83(75)97-85)95-79(91)39-37-77(89)93-57-23-35-73-43-51-87(52-44-73)55-59-99-100-60-56-88-53-45-74(46-54-88)36-24-58-94-78(90)38-40-80(92)96-82-68(10)70(12)84-76(72(82)14)42-50-86(16,98-84)48-22-34-66(8)32-20-30-64(6)28-18-26-62(3)4/h61-66,73-74H,17-60H2,1-16H3. The number of fused-ring (bicyclic) bond motifs is 2. The normalized spacial score (nSPS) is 19.7. The van der Waals surface area contributed by atoms with E-state index in [4.69, 9.17) is 28.4 Å². The van der Waals surface area contributed by atoms with Crippen molar-refractivity contribution in [2.45, 2.75) is 340 Å². The van der Waals surface area contributed by atoms with Crippen molar-refractivity contribution in [2.24, 2.45) is 47.3 Å². The highest BCUT2D eigenvalue weighted by atomic mass is 33.1. The van der Waals surface area contributed by atoms with Gasteiger partial charge in [-0.3, -0.25) is 19.2 Å². The first-order valence-corrected chi connectivity index (χ1v) is 43.3. The Morgan fingerprint density at radius 3 is 1.09 bits per heavy atom. The van der Waals surface area contributed by atoms with E-state index in [-0.39, 0.29) is 48.8 Å². The molecule has 6 unspecified atom stereocenters. The summed E-state index contributed by atoms with van der Waals surface area (Å²) in [7, 11) is 4.00. The summed E-state index contributed by atoms with van der Waals surface area (Å²) in [5.41, 5.74) is 7.74. The van der Waals surface area contributed by atoms with E-state index in [0.717, 1.165) is 206 Å². The highest BCUT2D eigenvalue weighted by Gasteiger charge is 2.37. The maximum atomic E-state index is 13.2. The minimum Gasteiger partial charge on any atom is -0.487 e. The van der Waals surface area contributed by atoms with Gasteiger partial charge >= 0.3 is 23.9 Å². The van der Waals surface area contributed by atoms with Gasteiger partial charge in [0.25, 0.3) is 0 Å². The molecule has 0 N–H and O–H groups in total. The number of carbonyl (C=O) groups is 4. The molecule has 2 aromatic rings. The highest BCUT2D eigenvalue weighted by molar-refractivity contribution is 8.76. The van der Waals surface area contributed by atoms with Crippen LogP contribution in [0, 0.1) is 88.9 Å². The Hall–Kier alpha value is -3.46. The molecule has 2 fully saturated rings. The van der Waals surface area contributed by atoms with E-state index in [0.29, 0.717) is 36.5 Å². The summed E-state index contributed by atoms with van der Waals surface area (Å²) < 4.78 is 36.9. The van der Waals surface area contributed by atoms with Crippen LogP contribution >= 0.6 is 21.6 Å². The zero-order valence-electron chi connectivity index (χ0n) is 66.5. The first-order chi connectivity index (χ1) is 47.7. The second kappa shape index (κ2) is 44.5. The van der Waals surface area contributed by atoms with Crippen molar-refractivity contribution in [3.63, 3.8) is 0 Å². The molecule has 100 heavy (non-hydrogen) atoms. The molecule has 2 aromatic carbocycles. The predicted octanol–water partition coefficient (Wildman–Crippen LogP) is 22.1. The molecule has 14 heteroatoms. The van der Waals surface area contributed by atoms with Gasteiger partial charge in [0.05, 0.1) is 38.9 Å². The van der Waals surface area contributed by atoms with Crippen LogP contribution < -0.4 is 18.9 Å². The minimum atomic E-state index is -0.401. The van der Waals surface area contributed by atoms with Crippen LogP contribution in [0.3, 0.4) is 0 Å². The Morgan fingerprint density at radius 2 is 0.750 bits per heavy atom. The van der Waals surface area contributed by atoms with Gasteiger partial charge in [0, 0.05) is 35.7 Å². The van der Waals surface area contributed by atoms with Crippen molar-refractivity contribution < 1.29 is 47.6 Å². The molecule has 0 spiro atoms. The summed E-state index contributed by atoms with van der Waals surface area (Å²) in [6, 6.07) is 0. The molecule has 4 aliphatic rings. The fraction of sp³-hybridized carbons (Fsp3) is 0.814. The molecule has 6 rings (SSSR count). The van der Waals surface area contributed by atoms with Crippen LogP contribution in [0.5, 0.6) is 23.0 Å². The minimum absolute atomic E-state index is 0.00425. The van der Waals surface area contributed by atoms with Crippen LogP contribution in [0.4, 0.5) is 0 Å². The van der Waals surface area contributed by atoms with Gasteiger partial charge in [-0.05, 0) is 265 Å². The summed E-state index contributed by atoms with van der Waals surface area (Å²) in [5.74, 6) is 10.0. The van der Waals surface area contributed by atoms with Gasteiger partial charge in [0.15, 0.2) is 0 Å². The SMILES string of the molecule is Cc1c(C)c2c(c(C)c1OC(=O)CCC(=O)OCCCC1CCN(CCSSCCN3CCC(CCCOC(=O)CCC(=O)Oc4c(C)c(C)c5c(c4C)CCC(C)(CCCC(C)CCCC(C)CCCC(C)C)O5)CC3)CC1)CCC(C)(CCCC(C)CCCC(C)CCCC(C)C)O2. The quantitative estimate of drug-likeness (QED) is 0.0270. The Kier molecular flexibility index (Phi) is 38.0. The van der Waals surface area contributed by atoms with Crippen LogP contribution in [-0.4, -0.2) is 109 Å². The van der Waals surface area contributed by atoms with Crippen LogP contribution in [0.2, 0.25) is 0 Å². The van der Waals surface area contributed by atoms with Gasteiger partial charge < -0.3 is 38.2 Å². The molecule has 0 amide bonds. The van der Waals surface area contributed by atoms with E-state index in [2.05, 4.69) is 92.9 Å². The lowest BCUT2D eigenvalue weighted by atomic mass is 9.83. The number of rotatable bonds is 47. The number of hydrogen-bond acceptors (Lipinski definition) is 14. The third kappa shape index (κ3) is 30.2. The molecule has 4 heterocycles. The topological polar surface area (TPSA) is 130 Å². The number of likely N-dealkylation sites (tertiary alicyclic amines) is 2. The average molecular weight is 1430 g/mol. The van der Waals surface area contributed by atoms with E-state index >= 15 is 0 Å². The first-order valence-electron chi connectivity index (χ1n) is 40.8. The van der Waals surface area contributed by atoms with Crippen molar-refractivity contribution in [3.8, 4) is 23.0 Å². The number of benzene rings is 2. The van der Waals surface area contributed by atoms with Crippen molar-refractivity contribution in [1.29, 1.82) is 0 Å². The van der Waals surface area contributed by atoms with Gasteiger partial charge in [-0.2, -0.15) is 0 Å². The van der Waals surface area contributed by atoms with Crippen LogP contribution in [-0.2, 0) is 41.5 Å². The highest BCUT2D eigenvalue weighted by Crippen LogP contribution is 2.47. The molecular weight excluding hydrogens is 1290 g/mol. The third-order valence-corrected chi connectivity index (χ3v) is 26.1. The molecule has 0 aliphatic carbocycles. The molecule has 2 saturated heterocycles. The zero-order valence-corrected chi connectivity index (χ0v) is 68.2. The van der Waals surface area contributed by atoms with Crippen molar-refractivity contribution >= 4 is 45.5 Å². The van der Waals surface area contributed by atoms with E-state index in [1.165, 1.54) is 128 Å². The van der Waals surface area contributed by atoms with Gasteiger partial charge in [0.1, 0.15) is 34.2 Å². The molecule has 12 nitrogen and oxygen atoms in total. The average Bonchev–Trinajstić information content (AvgIpc) is 0.767. The Balaban J connectivity index is 0.727. The zero-order chi connectivity index (χ0) is 72.8. The van der Waals surface area contributed by atoms with Gasteiger partial charge in [-0.15, -0.1) is 0 Å². The summed E-state index contributed by atoms with van der Waals surface area (Å²) in [5, 5.41) is 0. The lowest BCUT2D eigenvalue weighted by molar-refractivity contribution is -0.147. The van der Waals surface area contributed by atoms with Crippen molar-refractivity contribution in [3.05, 3.63) is 44.5 Å². The van der Waals surface area contributed by atoms with Crippen molar-refractivity contribution in [2.75, 3.05) is 64.0 Å². The Labute approximate surface area is 618 Å².